The number of hydrogen-bond donors (Lipinski definition) is 1. The highest BCUT2D eigenvalue weighted by Crippen LogP contribution is 2.26. The first-order chi connectivity index (χ1) is 18.1. The minimum Gasteiger partial charge on any atom is -0.350 e. The van der Waals surface area contributed by atoms with Gasteiger partial charge in [0.1, 0.15) is 6.04 Å². The average molecular weight is 494 g/mol. The van der Waals surface area contributed by atoms with Gasteiger partial charge < -0.3 is 10.2 Å². The zero-order valence-corrected chi connectivity index (χ0v) is 21.0. The van der Waals surface area contributed by atoms with Gasteiger partial charge in [0.05, 0.1) is 6.20 Å². The van der Waals surface area contributed by atoms with E-state index in [4.69, 9.17) is 0 Å². The zero-order chi connectivity index (χ0) is 25.6. The Morgan fingerprint density at radius 3 is 2.19 bits per heavy atom. The summed E-state index contributed by atoms with van der Waals surface area (Å²) in [6.07, 6.45) is 3.12. The van der Waals surface area contributed by atoms with Gasteiger partial charge in [-0.2, -0.15) is 0 Å². The van der Waals surface area contributed by atoms with Gasteiger partial charge in [0.2, 0.25) is 5.91 Å². The lowest BCUT2D eigenvalue weighted by Gasteiger charge is -2.18. The molecular weight excluding hydrogens is 462 g/mol. The van der Waals surface area contributed by atoms with E-state index in [0.717, 1.165) is 23.1 Å². The van der Waals surface area contributed by atoms with Crippen LogP contribution in [0.25, 0.3) is 0 Å². The number of carbonyl (C=O) groups excluding carboxylic acids is 2. The SMILES string of the molecule is CCc1ccc(CN2CC(CNC(=O)c3cn(C(c4ccccc4)c4ccccc4)nn3)CC2=O)cc1. The smallest absolute Gasteiger partial charge is 0.273 e. The Hall–Kier alpha value is -4.26. The Morgan fingerprint density at radius 2 is 1.57 bits per heavy atom. The first-order valence-corrected chi connectivity index (χ1v) is 12.8. The Bertz CT molecular complexity index is 1300. The van der Waals surface area contributed by atoms with Gasteiger partial charge in [-0.3, -0.25) is 9.59 Å². The van der Waals surface area contributed by atoms with Crippen molar-refractivity contribution in [1.82, 2.24) is 25.2 Å². The van der Waals surface area contributed by atoms with Crippen molar-refractivity contribution in [1.29, 1.82) is 0 Å². The number of likely N-dealkylation sites (tertiary alicyclic amines) is 1. The van der Waals surface area contributed by atoms with Crippen LogP contribution in [0.1, 0.15) is 52.1 Å². The largest absolute Gasteiger partial charge is 0.350 e. The van der Waals surface area contributed by atoms with Gasteiger partial charge in [0, 0.05) is 32.0 Å². The number of amides is 2. The van der Waals surface area contributed by atoms with Crippen LogP contribution in [-0.4, -0.2) is 44.8 Å². The summed E-state index contributed by atoms with van der Waals surface area (Å²) < 4.78 is 1.73. The summed E-state index contributed by atoms with van der Waals surface area (Å²) in [5, 5.41) is 11.4. The molecule has 0 spiro atoms. The molecule has 2 amide bonds. The number of rotatable bonds is 9. The lowest BCUT2D eigenvalue weighted by Crippen LogP contribution is -2.31. The van der Waals surface area contributed by atoms with E-state index < -0.39 is 0 Å². The average Bonchev–Trinajstić information content (AvgIpc) is 3.56. The molecule has 5 rings (SSSR count). The second-order valence-corrected chi connectivity index (χ2v) is 9.53. The maximum atomic E-state index is 12.9. The van der Waals surface area contributed by atoms with E-state index in [2.05, 4.69) is 46.8 Å². The first kappa shape index (κ1) is 24.4. The number of benzene rings is 3. The van der Waals surface area contributed by atoms with Crippen LogP contribution in [-0.2, 0) is 17.8 Å². The first-order valence-electron chi connectivity index (χ1n) is 12.8. The standard InChI is InChI=1S/C30H31N5O2/c1-2-22-13-15-23(16-14-22)19-34-20-24(17-28(34)36)18-31-30(37)27-21-35(33-32-27)29(25-9-5-3-6-10-25)26-11-7-4-8-12-26/h3-16,21,24,29H,2,17-20H2,1H3,(H,31,37). The third-order valence-corrected chi connectivity index (χ3v) is 6.89. The predicted molar refractivity (Wildman–Crippen MR) is 142 cm³/mol. The van der Waals surface area contributed by atoms with Crippen molar-refractivity contribution in [3.63, 3.8) is 0 Å². The van der Waals surface area contributed by atoms with E-state index in [1.807, 2.05) is 65.6 Å². The minimum atomic E-state index is -0.285. The van der Waals surface area contributed by atoms with Crippen LogP contribution in [0.2, 0.25) is 0 Å². The van der Waals surface area contributed by atoms with Gasteiger partial charge >= 0.3 is 0 Å². The molecule has 0 bridgehead atoms. The molecule has 1 atom stereocenters. The fourth-order valence-corrected chi connectivity index (χ4v) is 4.85. The second-order valence-electron chi connectivity index (χ2n) is 9.53. The Morgan fingerprint density at radius 1 is 0.946 bits per heavy atom. The molecule has 1 fully saturated rings. The van der Waals surface area contributed by atoms with Crippen molar-refractivity contribution in [2.45, 2.75) is 32.4 Å². The number of hydrogen-bond acceptors (Lipinski definition) is 4. The maximum absolute atomic E-state index is 12.9. The summed E-state index contributed by atoms with van der Waals surface area (Å²) in [6.45, 7) is 3.78. The van der Waals surface area contributed by atoms with Gasteiger partial charge in [-0.25, -0.2) is 4.68 Å². The molecule has 0 aliphatic carbocycles. The van der Waals surface area contributed by atoms with E-state index >= 15 is 0 Å². The maximum Gasteiger partial charge on any atom is 0.273 e. The molecule has 1 saturated heterocycles. The molecule has 7 nitrogen and oxygen atoms in total. The molecule has 3 aromatic carbocycles. The lowest BCUT2D eigenvalue weighted by molar-refractivity contribution is -0.128. The lowest BCUT2D eigenvalue weighted by atomic mass is 9.99. The zero-order valence-electron chi connectivity index (χ0n) is 21.0. The van der Waals surface area contributed by atoms with Gasteiger partial charge in [0.15, 0.2) is 5.69 Å². The third-order valence-electron chi connectivity index (χ3n) is 6.89. The molecule has 1 N–H and O–H groups in total. The van der Waals surface area contributed by atoms with E-state index in [-0.39, 0.29) is 29.5 Å². The molecule has 1 unspecified atom stereocenters. The van der Waals surface area contributed by atoms with Crippen LogP contribution in [0.3, 0.4) is 0 Å². The fraction of sp³-hybridized carbons (Fsp3) is 0.267. The highest BCUT2D eigenvalue weighted by Gasteiger charge is 2.30. The molecule has 0 saturated carbocycles. The van der Waals surface area contributed by atoms with Crippen molar-refractivity contribution in [2.24, 2.45) is 5.92 Å². The van der Waals surface area contributed by atoms with Gasteiger partial charge in [-0.1, -0.05) is 97.1 Å². The van der Waals surface area contributed by atoms with Crippen molar-refractivity contribution in [3.05, 3.63) is 119 Å². The Kier molecular flexibility index (Phi) is 7.40. The van der Waals surface area contributed by atoms with Crippen LogP contribution in [0.15, 0.2) is 91.1 Å². The van der Waals surface area contributed by atoms with Crippen LogP contribution >= 0.6 is 0 Å². The van der Waals surface area contributed by atoms with Gasteiger partial charge in [-0.15, -0.1) is 5.10 Å². The molecule has 0 radical (unpaired) electrons. The number of nitrogens with one attached hydrogen (secondary N) is 1. The van der Waals surface area contributed by atoms with Gasteiger partial charge in [-0.05, 0) is 28.7 Å². The highest BCUT2D eigenvalue weighted by atomic mass is 16.2. The van der Waals surface area contributed by atoms with Crippen LogP contribution in [0.4, 0.5) is 0 Å². The van der Waals surface area contributed by atoms with E-state index in [1.54, 1.807) is 10.9 Å². The minimum absolute atomic E-state index is 0.0720. The van der Waals surface area contributed by atoms with Crippen LogP contribution in [0.5, 0.6) is 0 Å². The summed E-state index contributed by atoms with van der Waals surface area (Å²) in [5.74, 6) is -0.0895. The van der Waals surface area contributed by atoms with E-state index in [0.29, 0.717) is 26.1 Å². The molecule has 37 heavy (non-hydrogen) atoms. The van der Waals surface area contributed by atoms with Crippen molar-refractivity contribution in [3.8, 4) is 0 Å². The topological polar surface area (TPSA) is 80.1 Å². The van der Waals surface area contributed by atoms with Gasteiger partial charge in [0.25, 0.3) is 5.91 Å². The number of aryl methyl sites for hydroxylation is 1. The van der Waals surface area contributed by atoms with E-state index in [9.17, 15) is 9.59 Å². The summed E-state index contributed by atoms with van der Waals surface area (Å²) in [5.41, 5.74) is 4.78. The summed E-state index contributed by atoms with van der Waals surface area (Å²) >= 11 is 0. The van der Waals surface area contributed by atoms with Crippen LogP contribution in [0, 0.1) is 5.92 Å². The predicted octanol–water partition coefficient (Wildman–Crippen LogP) is 4.26. The molecule has 1 aromatic heterocycles. The molecule has 1 aliphatic rings. The van der Waals surface area contributed by atoms with Crippen LogP contribution < -0.4 is 5.32 Å². The second kappa shape index (κ2) is 11.2. The number of carbonyl (C=O) groups is 2. The normalized spacial score (nSPS) is 15.4. The molecule has 4 aromatic rings. The fourth-order valence-electron chi connectivity index (χ4n) is 4.85. The number of nitrogens with zero attached hydrogens (tertiary/aromatic N) is 4. The van der Waals surface area contributed by atoms with Crippen molar-refractivity contribution >= 4 is 11.8 Å². The van der Waals surface area contributed by atoms with Crippen molar-refractivity contribution < 1.29 is 9.59 Å². The molecule has 1 aliphatic heterocycles. The monoisotopic (exact) mass is 493 g/mol. The quantitative estimate of drug-likeness (QED) is 0.378. The highest BCUT2D eigenvalue weighted by molar-refractivity contribution is 5.92. The molecule has 2 heterocycles. The Balaban J connectivity index is 1.21. The Labute approximate surface area is 217 Å². The molecule has 188 valence electrons. The molecular formula is C30H31N5O2. The summed E-state index contributed by atoms with van der Waals surface area (Å²) in [4.78, 5) is 27.3. The summed E-state index contributed by atoms with van der Waals surface area (Å²) in [6, 6.07) is 28.3. The molecule has 7 heteroatoms. The van der Waals surface area contributed by atoms with E-state index in [1.165, 1.54) is 5.56 Å². The third kappa shape index (κ3) is 5.77. The number of aromatic nitrogens is 3. The van der Waals surface area contributed by atoms with Crippen molar-refractivity contribution in [2.75, 3.05) is 13.1 Å². The summed E-state index contributed by atoms with van der Waals surface area (Å²) in [7, 11) is 0.